The molecule has 4 heteroatoms. The molecule has 2 aromatic rings. The number of H-pyrrole nitrogens is 1. The highest BCUT2D eigenvalue weighted by Gasteiger charge is 2.23. The molecule has 2 rings (SSSR count). The van der Waals surface area contributed by atoms with Crippen molar-refractivity contribution in [2.24, 2.45) is 5.92 Å². The Morgan fingerprint density at radius 2 is 1.95 bits per heavy atom. The van der Waals surface area contributed by atoms with Gasteiger partial charge in [0.2, 0.25) is 0 Å². The van der Waals surface area contributed by atoms with Crippen LogP contribution in [0.2, 0.25) is 0 Å². The number of nitrogens with one attached hydrogen (secondary N) is 2. The van der Waals surface area contributed by atoms with Crippen LogP contribution in [-0.2, 0) is 0 Å². The zero-order valence-electron chi connectivity index (χ0n) is 12.0. The molecule has 20 heavy (non-hydrogen) atoms. The van der Waals surface area contributed by atoms with Crippen molar-refractivity contribution in [2.75, 3.05) is 0 Å². The van der Waals surface area contributed by atoms with Crippen molar-refractivity contribution in [3.8, 4) is 0 Å². The minimum atomic E-state index is -0.0838. The highest BCUT2D eigenvalue weighted by atomic mass is 16.1. The average Bonchev–Trinajstić information content (AvgIpc) is 3.02. The Labute approximate surface area is 119 Å². The lowest BCUT2D eigenvalue weighted by Crippen LogP contribution is -2.33. The predicted molar refractivity (Wildman–Crippen MR) is 79.3 cm³/mol. The van der Waals surface area contributed by atoms with Gasteiger partial charge in [-0.1, -0.05) is 57.0 Å². The first-order chi connectivity index (χ1) is 9.76. The third-order valence-corrected chi connectivity index (χ3v) is 3.73. The van der Waals surface area contributed by atoms with Gasteiger partial charge in [0.05, 0.1) is 17.8 Å². The van der Waals surface area contributed by atoms with Crippen LogP contribution in [-0.4, -0.2) is 16.1 Å². The number of carbonyl (C=O) groups is 1. The van der Waals surface area contributed by atoms with Gasteiger partial charge in [0.1, 0.15) is 0 Å². The van der Waals surface area contributed by atoms with E-state index in [0.717, 1.165) is 18.4 Å². The van der Waals surface area contributed by atoms with E-state index in [1.54, 1.807) is 12.4 Å². The number of nitrogens with zero attached hydrogens (tertiary/aromatic N) is 1. The molecule has 0 bridgehead atoms. The number of rotatable bonds is 6. The molecule has 0 saturated heterocycles. The van der Waals surface area contributed by atoms with E-state index in [4.69, 9.17) is 0 Å². The lowest BCUT2D eigenvalue weighted by atomic mass is 9.88. The van der Waals surface area contributed by atoms with Crippen molar-refractivity contribution < 1.29 is 4.79 Å². The Morgan fingerprint density at radius 3 is 2.50 bits per heavy atom. The lowest BCUT2D eigenvalue weighted by molar-refractivity contribution is 0.0919. The van der Waals surface area contributed by atoms with E-state index in [1.807, 2.05) is 18.2 Å². The summed E-state index contributed by atoms with van der Waals surface area (Å²) in [5.74, 6) is 0.341. The second-order valence-electron chi connectivity index (χ2n) is 4.93. The topological polar surface area (TPSA) is 57.8 Å². The molecule has 0 spiro atoms. The summed E-state index contributed by atoms with van der Waals surface area (Å²) in [7, 11) is 0. The SMILES string of the molecule is CCC(CC)C(NC(=O)c1cn[nH]c1)c1ccccc1. The number of benzene rings is 1. The number of aromatic amines is 1. The van der Waals surface area contributed by atoms with Crippen LogP contribution in [0, 0.1) is 5.92 Å². The fraction of sp³-hybridized carbons (Fsp3) is 0.375. The molecule has 1 aromatic heterocycles. The largest absolute Gasteiger partial charge is 0.345 e. The first-order valence-corrected chi connectivity index (χ1v) is 7.10. The zero-order chi connectivity index (χ0) is 14.4. The van der Waals surface area contributed by atoms with E-state index in [2.05, 4.69) is 41.5 Å². The molecule has 4 nitrogen and oxygen atoms in total. The third kappa shape index (κ3) is 3.26. The van der Waals surface area contributed by atoms with Crippen LogP contribution in [0.25, 0.3) is 0 Å². The van der Waals surface area contributed by atoms with E-state index in [0.29, 0.717) is 11.5 Å². The monoisotopic (exact) mass is 271 g/mol. The van der Waals surface area contributed by atoms with Gasteiger partial charge in [0.15, 0.2) is 0 Å². The fourth-order valence-electron chi connectivity index (χ4n) is 2.49. The number of hydrogen-bond acceptors (Lipinski definition) is 2. The van der Waals surface area contributed by atoms with Crippen molar-refractivity contribution in [2.45, 2.75) is 32.7 Å². The first-order valence-electron chi connectivity index (χ1n) is 7.10. The molecule has 1 aromatic carbocycles. The van der Waals surface area contributed by atoms with Gasteiger partial charge in [0.25, 0.3) is 5.91 Å². The van der Waals surface area contributed by atoms with Crippen molar-refractivity contribution in [1.82, 2.24) is 15.5 Å². The van der Waals surface area contributed by atoms with Gasteiger partial charge in [-0.3, -0.25) is 9.89 Å². The smallest absolute Gasteiger partial charge is 0.254 e. The second-order valence-corrected chi connectivity index (χ2v) is 4.93. The Morgan fingerprint density at radius 1 is 1.25 bits per heavy atom. The van der Waals surface area contributed by atoms with Gasteiger partial charge in [-0.2, -0.15) is 5.10 Å². The van der Waals surface area contributed by atoms with Crippen molar-refractivity contribution >= 4 is 5.91 Å². The van der Waals surface area contributed by atoms with E-state index in [9.17, 15) is 4.79 Å². The van der Waals surface area contributed by atoms with Crippen LogP contribution >= 0.6 is 0 Å². The van der Waals surface area contributed by atoms with Crippen molar-refractivity contribution in [1.29, 1.82) is 0 Å². The van der Waals surface area contributed by atoms with Crippen LogP contribution in [0.3, 0.4) is 0 Å². The summed E-state index contributed by atoms with van der Waals surface area (Å²) in [6.45, 7) is 4.32. The quantitative estimate of drug-likeness (QED) is 0.846. The summed E-state index contributed by atoms with van der Waals surface area (Å²) in [6, 6.07) is 10.2. The minimum Gasteiger partial charge on any atom is -0.345 e. The van der Waals surface area contributed by atoms with E-state index < -0.39 is 0 Å². The summed E-state index contributed by atoms with van der Waals surface area (Å²) < 4.78 is 0. The van der Waals surface area contributed by atoms with Gasteiger partial charge in [-0.05, 0) is 11.5 Å². The number of hydrogen-bond donors (Lipinski definition) is 2. The Kier molecular flexibility index (Phi) is 4.93. The predicted octanol–water partition coefficient (Wildman–Crippen LogP) is 3.32. The molecule has 2 N–H and O–H groups in total. The van der Waals surface area contributed by atoms with E-state index in [1.165, 1.54) is 0 Å². The molecular weight excluding hydrogens is 250 g/mol. The van der Waals surface area contributed by atoms with Crippen LogP contribution in [0.1, 0.15) is 48.7 Å². The summed E-state index contributed by atoms with van der Waals surface area (Å²) in [4.78, 5) is 12.3. The standard InChI is InChI=1S/C16H21N3O/c1-3-12(4-2)15(13-8-6-5-7-9-13)19-16(20)14-10-17-18-11-14/h5-12,15H,3-4H2,1-2H3,(H,17,18)(H,19,20). The van der Waals surface area contributed by atoms with Gasteiger partial charge in [0, 0.05) is 6.20 Å². The summed E-state index contributed by atoms with van der Waals surface area (Å²) in [6.07, 6.45) is 5.22. The Balaban J connectivity index is 2.21. The maximum absolute atomic E-state index is 12.3. The molecule has 0 saturated carbocycles. The maximum Gasteiger partial charge on any atom is 0.254 e. The van der Waals surface area contributed by atoms with Gasteiger partial charge in [-0.25, -0.2) is 0 Å². The molecular formula is C16H21N3O. The van der Waals surface area contributed by atoms with Crippen LogP contribution in [0.15, 0.2) is 42.7 Å². The van der Waals surface area contributed by atoms with E-state index >= 15 is 0 Å². The highest BCUT2D eigenvalue weighted by Crippen LogP contribution is 2.27. The van der Waals surface area contributed by atoms with Crippen LogP contribution in [0.5, 0.6) is 0 Å². The molecule has 1 atom stereocenters. The van der Waals surface area contributed by atoms with Crippen LogP contribution < -0.4 is 5.32 Å². The lowest BCUT2D eigenvalue weighted by Gasteiger charge is -2.26. The summed E-state index contributed by atoms with van der Waals surface area (Å²) >= 11 is 0. The Hall–Kier alpha value is -2.10. The van der Waals surface area contributed by atoms with Gasteiger partial charge < -0.3 is 5.32 Å². The van der Waals surface area contributed by atoms with Crippen LogP contribution in [0.4, 0.5) is 0 Å². The van der Waals surface area contributed by atoms with Gasteiger partial charge >= 0.3 is 0 Å². The molecule has 1 heterocycles. The van der Waals surface area contributed by atoms with E-state index in [-0.39, 0.29) is 11.9 Å². The Bertz CT molecular complexity index is 518. The molecule has 1 amide bonds. The zero-order valence-corrected chi connectivity index (χ0v) is 12.0. The summed E-state index contributed by atoms with van der Waals surface area (Å²) in [5.41, 5.74) is 1.72. The normalized spacial score (nSPS) is 12.3. The van der Waals surface area contributed by atoms with Crippen molar-refractivity contribution in [3.05, 3.63) is 53.9 Å². The molecule has 0 radical (unpaired) electrons. The number of amides is 1. The fourth-order valence-corrected chi connectivity index (χ4v) is 2.49. The molecule has 0 fully saturated rings. The molecule has 0 aliphatic rings. The molecule has 0 aliphatic carbocycles. The number of aromatic nitrogens is 2. The maximum atomic E-state index is 12.3. The van der Waals surface area contributed by atoms with Gasteiger partial charge in [-0.15, -0.1) is 0 Å². The number of carbonyl (C=O) groups excluding carboxylic acids is 1. The minimum absolute atomic E-state index is 0.0357. The molecule has 0 aliphatic heterocycles. The second kappa shape index (κ2) is 6.89. The first kappa shape index (κ1) is 14.3. The van der Waals surface area contributed by atoms with Crippen molar-refractivity contribution in [3.63, 3.8) is 0 Å². The molecule has 1 unspecified atom stereocenters. The summed E-state index contributed by atoms with van der Waals surface area (Å²) in [5, 5.41) is 9.63. The third-order valence-electron chi connectivity index (χ3n) is 3.73. The molecule has 106 valence electrons. The average molecular weight is 271 g/mol. The highest BCUT2D eigenvalue weighted by molar-refractivity contribution is 5.93.